The highest BCUT2D eigenvalue weighted by molar-refractivity contribution is 7.12. The fourth-order valence-corrected chi connectivity index (χ4v) is 3.81. The number of hydrogen-bond acceptors (Lipinski definition) is 7. The quantitative estimate of drug-likeness (QED) is 0.233. The van der Waals surface area contributed by atoms with Crippen LogP contribution in [0.4, 0.5) is 0 Å². The molecule has 10 heteroatoms. The van der Waals surface area contributed by atoms with Crippen molar-refractivity contribution < 1.29 is 23.9 Å². The van der Waals surface area contributed by atoms with Gasteiger partial charge in [0, 0.05) is 17.1 Å². The van der Waals surface area contributed by atoms with Gasteiger partial charge in [0.05, 0.1) is 12.0 Å². The van der Waals surface area contributed by atoms with Gasteiger partial charge in [-0.05, 0) is 67.3 Å². The van der Waals surface area contributed by atoms with Gasteiger partial charge in [-0.15, -0.1) is 11.3 Å². The minimum absolute atomic E-state index is 0.259. The van der Waals surface area contributed by atoms with Crippen molar-refractivity contribution in [3.8, 4) is 17.5 Å². The molecule has 2 heterocycles. The Hall–Kier alpha value is -4.36. The number of esters is 1. The number of rotatable bonds is 7. The average Bonchev–Trinajstić information content (AvgIpc) is 3.47. The van der Waals surface area contributed by atoms with Crippen LogP contribution in [0.3, 0.4) is 0 Å². The third-order valence-electron chi connectivity index (χ3n) is 4.84. The molecule has 0 aliphatic carbocycles. The third kappa shape index (κ3) is 5.70. The van der Waals surface area contributed by atoms with Crippen LogP contribution in [-0.4, -0.2) is 36.1 Å². The predicted octanol–water partition coefficient (Wildman–Crippen LogP) is 3.08. The van der Waals surface area contributed by atoms with E-state index in [-0.39, 0.29) is 5.57 Å². The van der Waals surface area contributed by atoms with Crippen molar-refractivity contribution >= 4 is 35.2 Å². The summed E-state index contributed by atoms with van der Waals surface area (Å²) in [5.74, 6) is -1.44. The molecular weight excluding hydrogens is 456 g/mol. The molecule has 2 N–H and O–H groups in total. The first-order valence-electron chi connectivity index (χ1n) is 10.1. The molecular formula is C24H22N4O5S. The van der Waals surface area contributed by atoms with Gasteiger partial charge in [-0.3, -0.25) is 20.4 Å². The molecule has 2 aromatic heterocycles. The van der Waals surface area contributed by atoms with Crippen molar-refractivity contribution in [2.75, 3.05) is 13.7 Å². The number of thiophene rings is 1. The van der Waals surface area contributed by atoms with Crippen LogP contribution in [0.1, 0.15) is 26.6 Å². The van der Waals surface area contributed by atoms with E-state index in [9.17, 15) is 19.6 Å². The van der Waals surface area contributed by atoms with Crippen molar-refractivity contribution in [1.29, 1.82) is 5.26 Å². The molecule has 1 aromatic carbocycles. The van der Waals surface area contributed by atoms with Gasteiger partial charge in [0.15, 0.2) is 6.61 Å². The fourth-order valence-electron chi connectivity index (χ4n) is 3.20. The summed E-state index contributed by atoms with van der Waals surface area (Å²) in [6, 6.07) is 14.5. The van der Waals surface area contributed by atoms with Crippen LogP contribution in [-0.2, 0) is 14.3 Å². The summed E-state index contributed by atoms with van der Waals surface area (Å²) in [4.78, 5) is 36.5. The smallest absolute Gasteiger partial charge is 0.349 e. The number of carbonyl (C=O) groups excluding carboxylic acids is 3. The number of ether oxygens (including phenoxy) is 2. The molecule has 174 valence electrons. The summed E-state index contributed by atoms with van der Waals surface area (Å²) in [6.45, 7) is 3.12. The van der Waals surface area contributed by atoms with Crippen LogP contribution in [0.5, 0.6) is 5.75 Å². The van der Waals surface area contributed by atoms with E-state index in [1.807, 2.05) is 54.8 Å². The van der Waals surface area contributed by atoms with Crippen molar-refractivity contribution in [1.82, 2.24) is 15.4 Å². The van der Waals surface area contributed by atoms with Crippen molar-refractivity contribution in [3.05, 3.63) is 75.2 Å². The second-order valence-corrected chi connectivity index (χ2v) is 8.03. The maximum Gasteiger partial charge on any atom is 0.349 e. The van der Waals surface area contributed by atoms with Crippen LogP contribution in [0.2, 0.25) is 0 Å². The fraction of sp³-hybridized carbons (Fsp3) is 0.167. The van der Waals surface area contributed by atoms with E-state index in [4.69, 9.17) is 9.47 Å². The normalized spacial score (nSPS) is 10.8. The average molecular weight is 479 g/mol. The third-order valence-corrected chi connectivity index (χ3v) is 5.70. The van der Waals surface area contributed by atoms with Gasteiger partial charge >= 0.3 is 5.97 Å². The lowest BCUT2D eigenvalue weighted by Crippen LogP contribution is -2.43. The SMILES string of the molecule is COc1ccc(-n2c(C)cc(/C=C(\C#N)C(=O)OCC(=O)NNC(=O)c3cccs3)c2C)cc1. The van der Waals surface area contributed by atoms with E-state index >= 15 is 0 Å². The Labute approximate surface area is 200 Å². The molecule has 0 aliphatic rings. The van der Waals surface area contributed by atoms with Crippen LogP contribution in [0.15, 0.2) is 53.4 Å². The van der Waals surface area contributed by atoms with E-state index in [0.717, 1.165) is 22.8 Å². The van der Waals surface area contributed by atoms with Crippen LogP contribution < -0.4 is 15.6 Å². The Kier molecular flexibility index (Phi) is 7.84. The highest BCUT2D eigenvalue weighted by Crippen LogP contribution is 2.24. The molecule has 3 rings (SSSR count). The molecule has 9 nitrogen and oxygen atoms in total. The minimum Gasteiger partial charge on any atom is -0.497 e. The summed E-state index contributed by atoms with van der Waals surface area (Å²) < 4.78 is 12.1. The Morgan fingerprint density at radius 2 is 1.88 bits per heavy atom. The summed E-state index contributed by atoms with van der Waals surface area (Å²) >= 11 is 1.21. The lowest BCUT2D eigenvalue weighted by molar-refractivity contribution is -0.144. The van der Waals surface area contributed by atoms with Gasteiger partial charge in [0.1, 0.15) is 17.4 Å². The zero-order valence-corrected chi connectivity index (χ0v) is 19.6. The van der Waals surface area contributed by atoms with E-state index < -0.39 is 24.4 Å². The van der Waals surface area contributed by atoms with Gasteiger partial charge in [-0.1, -0.05) is 6.07 Å². The van der Waals surface area contributed by atoms with E-state index in [1.165, 1.54) is 17.4 Å². The Bertz CT molecular complexity index is 1270. The number of methoxy groups -OCH3 is 1. The number of aromatic nitrogens is 1. The first kappa shape index (κ1) is 24.3. The number of nitrogens with zero attached hydrogens (tertiary/aromatic N) is 2. The number of aryl methyl sites for hydroxylation is 1. The van der Waals surface area contributed by atoms with Crippen molar-refractivity contribution in [3.63, 3.8) is 0 Å². The second kappa shape index (κ2) is 11.0. The molecule has 0 aliphatic heterocycles. The molecule has 0 bridgehead atoms. The van der Waals surface area contributed by atoms with Crippen LogP contribution >= 0.6 is 11.3 Å². The molecule has 0 radical (unpaired) electrons. The van der Waals surface area contributed by atoms with Gasteiger partial charge in [-0.2, -0.15) is 5.26 Å². The summed E-state index contributed by atoms with van der Waals surface area (Å²) in [5, 5.41) is 11.2. The van der Waals surface area contributed by atoms with Crippen LogP contribution in [0, 0.1) is 25.2 Å². The lowest BCUT2D eigenvalue weighted by atomic mass is 10.1. The first-order valence-corrected chi connectivity index (χ1v) is 11.0. The number of hydrazine groups is 1. The summed E-state index contributed by atoms with van der Waals surface area (Å²) in [6.07, 6.45) is 1.42. The van der Waals surface area contributed by atoms with Crippen molar-refractivity contribution in [2.24, 2.45) is 0 Å². The highest BCUT2D eigenvalue weighted by atomic mass is 32.1. The number of carbonyl (C=O) groups is 3. The predicted molar refractivity (Wildman–Crippen MR) is 126 cm³/mol. The molecule has 2 amide bonds. The van der Waals surface area contributed by atoms with E-state index in [2.05, 4.69) is 10.9 Å². The molecule has 0 unspecified atom stereocenters. The number of benzene rings is 1. The monoisotopic (exact) mass is 478 g/mol. The van der Waals surface area contributed by atoms with E-state index in [1.54, 1.807) is 24.6 Å². The van der Waals surface area contributed by atoms with Crippen molar-refractivity contribution in [2.45, 2.75) is 13.8 Å². The number of nitrogens with one attached hydrogen (secondary N) is 2. The van der Waals surface area contributed by atoms with Crippen LogP contribution in [0.25, 0.3) is 11.8 Å². The topological polar surface area (TPSA) is 122 Å². The molecule has 0 spiro atoms. The molecule has 0 atom stereocenters. The van der Waals surface area contributed by atoms with Gasteiger partial charge in [-0.25, -0.2) is 4.79 Å². The second-order valence-electron chi connectivity index (χ2n) is 7.09. The molecule has 0 fully saturated rings. The molecule has 0 saturated carbocycles. The molecule has 0 saturated heterocycles. The zero-order chi connectivity index (χ0) is 24.7. The summed E-state index contributed by atoms with van der Waals surface area (Å²) in [5.41, 5.74) is 7.40. The molecule has 34 heavy (non-hydrogen) atoms. The molecule has 3 aromatic rings. The number of nitriles is 1. The Morgan fingerprint density at radius 1 is 1.15 bits per heavy atom. The highest BCUT2D eigenvalue weighted by Gasteiger charge is 2.17. The number of amides is 2. The summed E-state index contributed by atoms with van der Waals surface area (Å²) in [7, 11) is 1.59. The maximum absolute atomic E-state index is 12.4. The number of hydrogen-bond donors (Lipinski definition) is 2. The van der Waals surface area contributed by atoms with Gasteiger partial charge < -0.3 is 14.0 Å². The first-order chi connectivity index (χ1) is 16.3. The lowest BCUT2D eigenvalue weighted by Gasteiger charge is -2.10. The van der Waals surface area contributed by atoms with Gasteiger partial charge in [0.2, 0.25) is 0 Å². The zero-order valence-electron chi connectivity index (χ0n) is 18.7. The largest absolute Gasteiger partial charge is 0.497 e. The maximum atomic E-state index is 12.4. The minimum atomic E-state index is -0.948. The Morgan fingerprint density at radius 3 is 2.50 bits per heavy atom. The Balaban J connectivity index is 1.65. The van der Waals surface area contributed by atoms with E-state index in [0.29, 0.717) is 10.4 Å². The standard InChI is InChI=1S/C24H22N4O5S/c1-15-11-17(16(2)28(15)19-6-8-20(32-3)9-7-19)12-18(13-25)24(31)33-14-22(29)26-27-23(30)21-5-4-10-34-21/h4-12H,14H2,1-3H3,(H,26,29)(H,27,30)/b18-12+. The van der Waals surface area contributed by atoms with Gasteiger partial charge in [0.25, 0.3) is 11.8 Å².